The second-order valence-corrected chi connectivity index (χ2v) is 7.12. The Morgan fingerprint density at radius 2 is 1.66 bits per heavy atom. The topological polar surface area (TPSA) is 55.1 Å². The summed E-state index contributed by atoms with van der Waals surface area (Å²) in [4.78, 5) is 17.3. The van der Waals surface area contributed by atoms with Crippen molar-refractivity contribution in [2.24, 2.45) is 0 Å². The van der Waals surface area contributed by atoms with Crippen LogP contribution in [0.15, 0.2) is 89.5 Å². The molecule has 4 nitrogen and oxygen atoms in total. The lowest BCUT2D eigenvalue weighted by atomic mass is 10.0. The molecule has 1 aromatic heterocycles. The molecule has 0 aliphatic rings. The van der Waals surface area contributed by atoms with Gasteiger partial charge in [0.05, 0.1) is 17.8 Å². The van der Waals surface area contributed by atoms with Crippen LogP contribution in [0.1, 0.15) is 28.9 Å². The second-order valence-electron chi connectivity index (χ2n) is 6.69. The van der Waals surface area contributed by atoms with Crippen molar-refractivity contribution in [3.8, 4) is 22.8 Å². The highest BCUT2D eigenvalue weighted by atomic mass is 35.5. The van der Waals surface area contributed by atoms with Crippen molar-refractivity contribution < 1.29 is 9.21 Å². The monoisotopic (exact) mass is 402 g/mol. The van der Waals surface area contributed by atoms with Crippen LogP contribution in [0.4, 0.5) is 0 Å². The van der Waals surface area contributed by atoms with Gasteiger partial charge in [0, 0.05) is 16.1 Å². The predicted molar refractivity (Wildman–Crippen MR) is 115 cm³/mol. The molecule has 3 aromatic carbocycles. The number of aromatic nitrogens is 1. The third-order valence-corrected chi connectivity index (χ3v) is 4.94. The molecule has 1 unspecified atom stereocenters. The Kier molecular flexibility index (Phi) is 5.45. The largest absolute Gasteiger partial charge is 0.436 e. The van der Waals surface area contributed by atoms with E-state index >= 15 is 0 Å². The molecule has 1 amide bonds. The number of halogens is 1. The number of carbonyl (C=O) groups is 1. The summed E-state index contributed by atoms with van der Waals surface area (Å²) in [5, 5.41) is 3.70. The molecular weight excluding hydrogens is 384 g/mol. The van der Waals surface area contributed by atoms with Gasteiger partial charge < -0.3 is 9.73 Å². The normalized spacial score (nSPS) is 11.8. The standard InChI is InChI=1S/C24H19ClN2O2/c1-16(17-7-3-2-4-8-17)27-23(28)20-9-5-6-10-21(20)24-26-15-22(29-24)18-11-13-19(25)14-12-18/h2-16H,1H3,(H,27,28). The number of carbonyl (C=O) groups excluding carboxylic acids is 1. The average molecular weight is 403 g/mol. The fourth-order valence-electron chi connectivity index (χ4n) is 3.11. The molecule has 5 heteroatoms. The van der Waals surface area contributed by atoms with E-state index in [2.05, 4.69) is 10.3 Å². The molecule has 144 valence electrons. The maximum Gasteiger partial charge on any atom is 0.252 e. The van der Waals surface area contributed by atoms with Crippen molar-refractivity contribution in [2.45, 2.75) is 13.0 Å². The molecule has 0 spiro atoms. The van der Waals surface area contributed by atoms with E-state index in [0.717, 1.165) is 11.1 Å². The lowest BCUT2D eigenvalue weighted by molar-refractivity contribution is 0.0940. The van der Waals surface area contributed by atoms with E-state index in [1.54, 1.807) is 24.4 Å². The summed E-state index contributed by atoms with van der Waals surface area (Å²) >= 11 is 5.95. The Hall–Kier alpha value is -3.37. The predicted octanol–water partition coefficient (Wildman–Crippen LogP) is 6.15. The van der Waals surface area contributed by atoms with Crippen LogP contribution in [0.5, 0.6) is 0 Å². The molecule has 1 N–H and O–H groups in total. The number of amides is 1. The molecule has 4 rings (SSSR count). The first-order valence-corrected chi connectivity index (χ1v) is 9.66. The lowest BCUT2D eigenvalue weighted by Gasteiger charge is -2.15. The number of benzene rings is 3. The van der Waals surface area contributed by atoms with Crippen LogP contribution >= 0.6 is 11.6 Å². The van der Waals surface area contributed by atoms with Gasteiger partial charge in [-0.25, -0.2) is 4.98 Å². The summed E-state index contributed by atoms with van der Waals surface area (Å²) in [5.41, 5.74) is 3.07. The van der Waals surface area contributed by atoms with Gasteiger partial charge in [0.25, 0.3) is 5.91 Å². The van der Waals surface area contributed by atoms with Crippen molar-refractivity contribution >= 4 is 17.5 Å². The molecule has 1 atom stereocenters. The Morgan fingerprint density at radius 3 is 2.41 bits per heavy atom. The Balaban J connectivity index is 1.60. The molecule has 0 saturated carbocycles. The van der Waals surface area contributed by atoms with Gasteiger partial charge in [0.2, 0.25) is 5.89 Å². The SMILES string of the molecule is CC(NC(=O)c1ccccc1-c1ncc(-c2ccc(Cl)cc2)o1)c1ccccc1. The Morgan fingerprint density at radius 1 is 0.966 bits per heavy atom. The third kappa shape index (κ3) is 4.23. The third-order valence-electron chi connectivity index (χ3n) is 4.68. The number of nitrogens with zero attached hydrogens (tertiary/aromatic N) is 1. The minimum atomic E-state index is -0.178. The van der Waals surface area contributed by atoms with Crippen molar-refractivity contribution in [3.05, 3.63) is 101 Å². The Bertz CT molecular complexity index is 1120. The second kappa shape index (κ2) is 8.33. The molecule has 29 heavy (non-hydrogen) atoms. The molecule has 0 radical (unpaired) electrons. The van der Waals surface area contributed by atoms with Gasteiger partial charge in [0.1, 0.15) is 0 Å². The van der Waals surface area contributed by atoms with Gasteiger partial charge in [-0.2, -0.15) is 0 Å². The van der Waals surface area contributed by atoms with Crippen LogP contribution in [0.2, 0.25) is 5.02 Å². The van der Waals surface area contributed by atoms with E-state index in [1.807, 2.05) is 67.6 Å². The van der Waals surface area contributed by atoms with Crippen LogP contribution < -0.4 is 5.32 Å². The molecule has 1 heterocycles. The van der Waals surface area contributed by atoms with Crippen LogP contribution in [0.3, 0.4) is 0 Å². The first-order chi connectivity index (χ1) is 14.1. The first kappa shape index (κ1) is 19.0. The van der Waals surface area contributed by atoms with Crippen LogP contribution in [0.25, 0.3) is 22.8 Å². The van der Waals surface area contributed by atoms with E-state index in [1.165, 1.54) is 0 Å². The summed E-state index contributed by atoms with van der Waals surface area (Å²) in [6.07, 6.45) is 1.65. The maximum absolute atomic E-state index is 12.9. The molecule has 0 saturated heterocycles. The van der Waals surface area contributed by atoms with Crippen molar-refractivity contribution in [1.82, 2.24) is 10.3 Å². The van der Waals surface area contributed by atoms with Gasteiger partial charge in [-0.05, 0) is 48.9 Å². The van der Waals surface area contributed by atoms with E-state index in [0.29, 0.717) is 27.8 Å². The van der Waals surface area contributed by atoms with Crippen LogP contribution in [-0.2, 0) is 0 Å². The van der Waals surface area contributed by atoms with Crippen molar-refractivity contribution in [1.29, 1.82) is 0 Å². The lowest BCUT2D eigenvalue weighted by Crippen LogP contribution is -2.27. The number of nitrogens with one attached hydrogen (secondary N) is 1. The van der Waals surface area contributed by atoms with Gasteiger partial charge in [-0.3, -0.25) is 4.79 Å². The zero-order chi connectivity index (χ0) is 20.2. The van der Waals surface area contributed by atoms with E-state index in [-0.39, 0.29) is 11.9 Å². The average Bonchev–Trinajstić information content (AvgIpc) is 3.25. The van der Waals surface area contributed by atoms with Crippen LogP contribution in [0, 0.1) is 0 Å². The number of hydrogen-bond acceptors (Lipinski definition) is 3. The zero-order valence-corrected chi connectivity index (χ0v) is 16.6. The fourth-order valence-corrected chi connectivity index (χ4v) is 3.24. The fraction of sp³-hybridized carbons (Fsp3) is 0.0833. The van der Waals surface area contributed by atoms with Gasteiger partial charge >= 0.3 is 0 Å². The molecule has 0 bridgehead atoms. The smallest absolute Gasteiger partial charge is 0.252 e. The van der Waals surface area contributed by atoms with Crippen molar-refractivity contribution in [2.75, 3.05) is 0 Å². The molecule has 0 aliphatic carbocycles. The first-order valence-electron chi connectivity index (χ1n) is 9.29. The maximum atomic E-state index is 12.9. The number of oxazole rings is 1. The van der Waals surface area contributed by atoms with E-state index < -0.39 is 0 Å². The van der Waals surface area contributed by atoms with Crippen LogP contribution in [-0.4, -0.2) is 10.9 Å². The zero-order valence-electron chi connectivity index (χ0n) is 15.8. The molecule has 4 aromatic rings. The molecule has 0 fully saturated rings. The number of hydrogen-bond donors (Lipinski definition) is 1. The quantitative estimate of drug-likeness (QED) is 0.435. The molecule has 0 aliphatic heterocycles. The Labute approximate surface area is 174 Å². The van der Waals surface area contributed by atoms with Gasteiger partial charge in [-0.15, -0.1) is 0 Å². The minimum absolute atomic E-state index is 0.119. The van der Waals surface area contributed by atoms with E-state index in [9.17, 15) is 4.79 Å². The summed E-state index contributed by atoms with van der Waals surface area (Å²) in [7, 11) is 0. The van der Waals surface area contributed by atoms with E-state index in [4.69, 9.17) is 16.0 Å². The highest BCUT2D eigenvalue weighted by Crippen LogP contribution is 2.29. The minimum Gasteiger partial charge on any atom is -0.436 e. The van der Waals surface area contributed by atoms with Gasteiger partial charge in [0.15, 0.2) is 5.76 Å². The summed E-state index contributed by atoms with van der Waals surface area (Å²) in [5.74, 6) is 0.834. The summed E-state index contributed by atoms with van der Waals surface area (Å²) < 4.78 is 5.94. The highest BCUT2D eigenvalue weighted by molar-refractivity contribution is 6.30. The number of rotatable bonds is 5. The highest BCUT2D eigenvalue weighted by Gasteiger charge is 2.18. The summed E-state index contributed by atoms with van der Waals surface area (Å²) in [6, 6.07) is 24.3. The van der Waals surface area contributed by atoms with Crippen molar-refractivity contribution in [3.63, 3.8) is 0 Å². The summed E-state index contributed by atoms with van der Waals surface area (Å²) in [6.45, 7) is 1.96. The molecular formula is C24H19ClN2O2. The van der Waals surface area contributed by atoms with Gasteiger partial charge in [-0.1, -0.05) is 54.1 Å².